The van der Waals surface area contributed by atoms with Gasteiger partial charge in [-0.1, -0.05) is 12.7 Å². The molecule has 0 bridgehead atoms. The monoisotopic (exact) mass is 180 g/mol. The third-order valence-electron chi connectivity index (χ3n) is 2.51. The summed E-state index contributed by atoms with van der Waals surface area (Å²) in [7, 11) is 0. The SMILES string of the molecule is C=CC1=CC(=O)[C@H](C(C)(C)O)CC1. The van der Waals surface area contributed by atoms with Crippen molar-refractivity contribution >= 4 is 5.78 Å². The number of hydrogen-bond donors (Lipinski definition) is 1. The van der Waals surface area contributed by atoms with E-state index in [1.54, 1.807) is 26.0 Å². The molecule has 0 radical (unpaired) electrons. The molecule has 1 rings (SSSR count). The van der Waals surface area contributed by atoms with Crippen LogP contribution in [0.3, 0.4) is 0 Å². The molecule has 0 aromatic heterocycles. The van der Waals surface area contributed by atoms with Crippen LogP contribution in [0.15, 0.2) is 24.3 Å². The predicted molar refractivity (Wildman–Crippen MR) is 52.3 cm³/mol. The molecule has 0 amide bonds. The van der Waals surface area contributed by atoms with Gasteiger partial charge in [-0.15, -0.1) is 0 Å². The molecular weight excluding hydrogens is 164 g/mol. The molecule has 2 heteroatoms. The Kier molecular flexibility index (Phi) is 2.71. The number of hydrogen-bond acceptors (Lipinski definition) is 2. The van der Waals surface area contributed by atoms with Gasteiger partial charge in [-0.3, -0.25) is 4.79 Å². The zero-order valence-corrected chi connectivity index (χ0v) is 8.21. The normalized spacial score (nSPS) is 24.1. The van der Waals surface area contributed by atoms with Crippen LogP contribution in [-0.4, -0.2) is 16.5 Å². The highest BCUT2D eigenvalue weighted by molar-refractivity contribution is 5.94. The Bertz CT molecular complexity index is 256. The van der Waals surface area contributed by atoms with Crippen LogP contribution < -0.4 is 0 Å². The van der Waals surface area contributed by atoms with Crippen LogP contribution in [0.4, 0.5) is 0 Å². The van der Waals surface area contributed by atoms with E-state index in [9.17, 15) is 9.90 Å². The van der Waals surface area contributed by atoms with Gasteiger partial charge in [0.1, 0.15) is 0 Å². The van der Waals surface area contributed by atoms with Crippen molar-refractivity contribution < 1.29 is 9.90 Å². The van der Waals surface area contributed by atoms with Gasteiger partial charge in [0.2, 0.25) is 0 Å². The molecule has 0 unspecified atom stereocenters. The summed E-state index contributed by atoms with van der Waals surface area (Å²) >= 11 is 0. The van der Waals surface area contributed by atoms with E-state index in [1.165, 1.54) is 0 Å². The lowest BCUT2D eigenvalue weighted by atomic mass is 9.79. The minimum Gasteiger partial charge on any atom is -0.390 e. The van der Waals surface area contributed by atoms with Crippen molar-refractivity contribution in [1.82, 2.24) is 0 Å². The Labute approximate surface area is 79.0 Å². The highest BCUT2D eigenvalue weighted by atomic mass is 16.3. The lowest BCUT2D eigenvalue weighted by molar-refractivity contribution is -0.126. The van der Waals surface area contributed by atoms with Crippen molar-refractivity contribution in [2.45, 2.75) is 32.3 Å². The van der Waals surface area contributed by atoms with Crippen LogP contribution in [0.25, 0.3) is 0 Å². The Morgan fingerprint density at radius 3 is 2.69 bits per heavy atom. The summed E-state index contributed by atoms with van der Waals surface area (Å²) in [6, 6.07) is 0. The zero-order chi connectivity index (χ0) is 10.1. The van der Waals surface area contributed by atoms with Gasteiger partial charge in [0.15, 0.2) is 5.78 Å². The van der Waals surface area contributed by atoms with Gasteiger partial charge in [0.25, 0.3) is 0 Å². The van der Waals surface area contributed by atoms with Crippen molar-refractivity contribution in [2.75, 3.05) is 0 Å². The first kappa shape index (κ1) is 10.2. The summed E-state index contributed by atoms with van der Waals surface area (Å²) in [6.45, 7) is 6.99. The van der Waals surface area contributed by atoms with Crippen LogP contribution >= 0.6 is 0 Å². The van der Waals surface area contributed by atoms with Crippen LogP contribution in [0.2, 0.25) is 0 Å². The van der Waals surface area contributed by atoms with Gasteiger partial charge in [0.05, 0.1) is 11.5 Å². The maximum atomic E-state index is 11.5. The molecule has 0 aromatic carbocycles. The molecule has 0 aliphatic heterocycles. The first-order chi connectivity index (χ1) is 5.95. The molecule has 1 aliphatic rings. The van der Waals surface area contributed by atoms with Gasteiger partial charge in [0, 0.05) is 0 Å². The highest BCUT2D eigenvalue weighted by Crippen LogP contribution is 2.29. The maximum absolute atomic E-state index is 11.5. The molecule has 1 aliphatic carbocycles. The zero-order valence-electron chi connectivity index (χ0n) is 8.21. The van der Waals surface area contributed by atoms with Crippen LogP contribution in [-0.2, 0) is 4.79 Å². The van der Waals surface area contributed by atoms with E-state index in [0.29, 0.717) is 0 Å². The van der Waals surface area contributed by atoms with Crippen molar-refractivity contribution in [3.05, 3.63) is 24.3 Å². The molecule has 72 valence electrons. The number of carbonyl (C=O) groups excluding carboxylic acids is 1. The molecule has 1 N–H and O–H groups in total. The van der Waals surface area contributed by atoms with Crippen LogP contribution in [0.5, 0.6) is 0 Å². The average molecular weight is 180 g/mol. The second-order valence-electron chi connectivity index (χ2n) is 4.07. The minimum atomic E-state index is -0.902. The molecule has 2 nitrogen and oxygen atoms in total. The molecule has 1 atom stereocenters. The molecule has 0 aromatic rings. The second kappa shape index (κ2) is 3.46. The predicted octanol–water partition coefficient (Wildman–Crippen LogP) is 1.85. The van der Waals surface area contributed by atoms with Gasteiger partial charge in [-0.05, 0) is 38.3 Å². The summed E-state index contributed by atoms with van der Waals surface area (Å²) in [6.07, 6.45) is 4.86. The molecule has 13 heavy (non-hydrogen) atoms. The number of carbonyl (C=O) groups is 1. The Morgan fingerprint density at radius 1 is 1.69 bits per heavy atom. The van der Waals surface area contributed by atoms with Crippen molar-refractivity contribution in [1.29, 1.82) is 0 Å². The molecule has 0 saturated carbocycles. The Morgan fingerprint density at radius 2 is 2.31 bits per heavy atom. The third-order valence-corrected chi connectivity index (χ3v) is 2.51. The van der Waals surface area contributed by atoms with Crippen molar-refractivity contribution in [3.8, 4) is 0 Å². The standard InChI is InChI=1S/C11H16O2/c1-4-8-5-6-9(10(12)7-8)11(2,3)13/h4,7,9,13H,1,5-6H2,2-3H3/t9-/m1/s1. The number of ketones is 1. The maximum Gasteiger partial charge on any atom is 0.161 e. The molecular formula is C11H16O2. The van der Waals surface area contributed by atoms with Gasteiger partial charge < -0.3 is 5.11 Å². The first-order valence-corrected chi connectivity index (χ1v) is 4.54. The lowest BCUT2D eigenvalue weighted by Gasteiger charge is -2.29. The highest BCUT2D eigenvalue weighted by Gasteiger charge is 2.33. The minimum absolute atomic E-state index is 0.0219. The fourth-order valence-corrected chi connectivity index (χ4v) is 1.67. The quantitative estimate of drug-likeness (QED) is 0.704. The summed E-state index contributed by atoms with van der Waals surface area (Å²) < 4.78 is 0. The van der Waals surface area contributed by atoms with Crippen molar-refractivity contribution in [2.24, 2.45) is 5.92 Å². The molecule has 0 fully saturated rings. The summed E-state index contributed by atoms with van der Waals surface area (Å²) in [4.78, 5) is 11.5. The fourth-order valence-electron chi connectivity index (χ4n) is 1.67. The largest absolute Gasteiger partial charge is 0.390 e. The van der Waals surface area contributed by atoms with Gasteiger partial charge in [-0.25, -0.2) is 0 Å². The Balaban J connectivity index is 2.82. The van der Waals surface area contributed by atoms with Crippen molar-refractivity contribution in [3.63, 3.8) is 0 Å². The van der Waals surface area contributed by atoms with Gasteiger partial charge >= 0.3 is 0 Å². The van der Waals surface area contributed by atoms with E-state index < -0.39 is 5.60 Å². The van der Waals surface area contributed by atoms with Crippen LogP contribution in [0.1, 0.15) is 26.7 Å². The number of aliphatic hydroxyl groups is 1. The third kappa shape index (κ3) is 2.28. The van der Waals surface area contributed by atoms with Gasteiger partial charge in [-0.2, -0.15) is 0 Å². The van der Waals surface area contributed by atoms with E-state index in [0.717, 1.165) is 18.4 Å². The molecule has 0 saturated heterocycles. The fraction of sp³-hybridized carbons (Fsp3) is 0.545. The van der Waals surface area contributed by atoms with E-state index in [-0.39, 0.29) is 11.7 Å². The second-order valence-corrected chi connectivity index (χ2v) is 4.07. The summed E-state index contributed by atoms with van der Waals surface area (Å²) in [5.74, 6) is -0.232. The molecule has 0 spiro atoms. The number of allylic oxidation sites excluding steroid dienone is 3. The number of rotatable bonds is 2. The molecule has 0 heterocycles. The van der Waals surface area contributed by atoms with E-state index >= 15 is 0 Å². The van der Waals surface area contributed by atoms with E-state index in [1.807, 2.05) is 0 Å². The summed E-state index contributed by atoms with van der Waals surface area (Å²) in [5.41, 5.74) is 0.0748. The van der Waals surface area contributed by atoms with E-state index in [2.05, 4.69) is 6.58 Å². The summed E-state index contributed by atoms with van der Waals surface area (Å²) in [5, 5.41) is 9.70. The smallest absolute Gasteiger partial charge is 0.161 e. The topological polar surface area (TPSA) is 37.3 Å². The first-order valence-electron chi connectivity index (χ1n) is 4.54. The lowest BCUT2D eigenvalue weighted by Crippen LogP contribution is -2.37. The van der Waals surface area contributed by atoms with E-state index in [4.69, 9.17) is 0 Å². The average Bonchev–Trinajstić information content (AvgIpc) is 2.01. The van der Waals surface area contributed by atoms with Crippen LogP contribution in [0, 0.1) is 5.92 Å². The Hall–Kier alpha value is -0.890.